The second-order valence-electron chi connectivity index (χ2n) is 4.98. The Morgan fingerprint density at radius 1 is 1.24 bits per heavy atom. The average molecular weight is 269 g/mol. The Bertz CT molecular complexity index is 325. The molecule has 0 bridgehead atoms. The highest BCUT2D eigenvalue weighted by atomic mass is 35.5. The summed E-state index contributed by atoms with van der Waals surface area (Å²) in [6.07, 6.45) is 7.17. The standard InChI is InChI=1S/C15H21ClS/c1-17-10-9-14-11-13(7-8-15(14)16)12-5-3-2-4-6-12/h2-6,13-15H,7-11H2,1H3. The van der Waals surface area contributed by atoms with Gasteiger partial charge >= 0.3 is 0 Å². The van der Waals surface area contributed by atoms with Crippen LogP contribution >= 0.6 is 23.4 Å². The summed E-state index contributed by atoms with van der Waals surface area (Å²) in [7, 11) is 0. The van der Waals surface area contributed by atoms with E-state index in [1.165, 1.54) is 37.0 Å². The van der Waals surface area contributed by atoms with Crippen molar-refractivity contribution >= 4 is 23.4 Å². The first-order chi connectivity index (χ1) is 8.31. The first-order valence-corrected chi connectivity index (χ1v) is 8.32. The lowest BCUT2D eigenvalue weighted by Crippen LogP contribution is -2.25. The van der Waals surface area contributed by atoms with Crippen molar-refractivity contribution < 1.29 is 0 Å². The largest absolute Gasteiger partial charge is 0.165 e. The molecule has 1 aliphatic carbocycles. The fourth-order valence-corrected chi connectivity index (χ4v) is 3.72. The minimum atomic E-state index is 0.405. The van der Waals surface area contributed by atoms with Crippen LogP contribution in [0.5, 0.6) is 0 Å². The zero-order valence-electron chi connectivity index (χ0n) is 10.4. The maximum atomic E-state index is 6.46. The first kappa shape index (κ1) is 13.3. The van der Waals surface area contributed by atoms with E-state index in [9.17, 15) is 0 Å². The van der Waals surface area contributed by atoms with Crippen LogP contribution in [0.25, 0.3) is 0 Å². The zero-order valence-corrected chi connectivity index (χ0v) is 12.0. The monoisotopic (exact) mass is 268 g/mol. The third-order valence-electron chi connectivity index (χ3n) is 3.85. The van der Waals surface area contributed by atoms with Crippen LogP contribution in [0, 0.1) is 5.92 Å². The van der Waals surface area contributed by atoms with Crippen LogP contribution in [-0.2, 0) is 0 Å². The predicted molar refractivity (Wildman–Crippen MR) is 79.2 cm³/mol. The molecule has 1 aromatic rings. The van der Waals surface area contributed by atoms with Gasteiger partial charge in [-0.2, -0.15) is 11.8 Å². The minimum absolute atomic E-state index is 0.405. The third-order valence-corrected chi connectivity index (χ3v) is 5.07. The van der Waals surface area contributed by atoms with Crippen molar-refractivity contribution in [2.24, 2.45) is 5.92 Å². The smallest absolute Gasteiger partial charge is 0.0365 e. The van der Waals surface area contributed by atoms with Gasteiger partial charge < -0.3 is 0 Å². The molecule has 0 saturated heterocycles. The Morgan fingerprint density at radius 2 is 2.00 bits per heavy atom. The van der Waals surface area contributed by atoms with Crippen molar-refractivity contribution in [1.82, 2.24) is 0 Å². The van der Waals surface area contributed by atoms with Gasteiger partial charge in [0.1, 0.15) is 0 Å². The molecule has 1 aliphatic rings. The molecule has 0 aliphatic heterocycles. The predicted octanol–water partition coefficient (Wildman–Crippen LogP) is 4.93. The normalized spacial score (nSPS) is 29.2. The molecule has 1 fully saturated rings. The van der Waals surface area contributed by atoms with Gasteiger partial charge in [-0.3, -0.25) is 0 Å². The van der Waals surface area contributed by atoms with E-state index in [2.05, 4.69) is 36.6 Å². The Balaban J connectivity index is 1.97. The lowest BCUT2D eigenvalue weighted by molar-refractivity contribution is 0.322. The summed E-state index contributed by atoms with van der Waals surface area (Å²) >= 11 is 8.40. The molecule has 0 N–H and O–H groups in total. The number of rotatable bonds is 4. The van der Waals surface area contributed by atoms with Gasteiger partial charge in [0.2, 0.25) is 0 Å². The molecule has 1 aromatic carbocycles. The average Bonchev–Trinajstić information content (AvgIpc) is 2.39. The number of halogens is 1. The summed E-state index contributed by atoms with van der Waals surface area (Å²) in [6, 6.07) is 10.9. The molecule has 0 heterocycles. The molecule has 0 aromatic heterocycles. The molecule has 3 atom stereocenters. The molecule has 94 valence electrons. The number of thioether (sulfide) groups is 1. The summed E-state index contributed by atoms with van der Waals surface area (Å²) < 4.78 is 0. The van der Waals surface area contributed by atoms with Crippen molar-refractivity contribution in [3.05, 3.63) is 35.9 Å². The molecule has 3 unspecified atom stereocenters. The van der Waals surface area contributed by atoms with Gasteiger partial charge in [-0.05, 0) is 55.1 Å². The van der Waals surface area contributed by atoms with Gasteiger partial charge in [0, 0.05) is 5.38 Å². The third kappa shape index (κ3) is 3.66. The maximum Gasteiger partial charge on any atom is 0.0365 e. The number of hydrogen-bond donors (Lipinski definition) is 0. The number of hydrogen-bond acceptors (Lipinski definition) is 1. The highest BCUT2D eigenvalue weighted by Gasteiger charge is 2.29. The van der Waals surface area contributed by atoms with Crippen molar-refractivity contribution in [3.8, 4) is 0 Å². The van der Waals surface area contributed by atoms with Crippen molar-refractivity contribution in [3.63, 3.8) is 0 Å². The van der Waals surface area contributed by atoms with E-state index < -0.39 is 0 Å². The lowest BCUT2D eigenvalue weighted by Gasteiger charge is -2.33. The van der Waals surface area contributed by atoms with Crippen LogP contribution < -0.4 is 0 Å². The van der Waals surface area contributed by atoms with Crippen LogP contribution in [0.4, 0.5) is 0 Å². The minimum Gasteiger partial charge on any atom is -0.165 e. The van der Waals surface area contributed by atoms with Gasteiger partial charge in [0.25, 0.3) is 0 Å². The highest BCUT2D eigenvalue weighted by Crippen LogP contribution is 2.40. The summed E-state index contributed by atoms with van der Waals surface area (Å²) in [6.45, 7) is 0. The quantitative estimate of drug-likeness (QED) is 0.698. The molecule has 2 heteroatoms. The van der Waals surface area contributed by atoms with Crippen molar-refractivity contribution in [2.75, 3.05) is 12.0 Å². The van der Waals surface area contributed by atoms with Crippen LogP contribution in [-0.4, -0.2) is 17.4 Å². The van der Waals surface area contributed by atoms with Gasteiger partial charge in [0.05, 0.1) is 0 Å². The topological polar surface area (TPSA) is 0 Å². The summed E-state index contributed by atoms with van der Waals surface area (Å²) in [5.41, 5.74) is 1.50. The van der Waals surface area contributed by atoms with Crippen LogP contribution in [0.15, 0.2) is 30.3 Å². The number of benzene rings is 1. The van der Waals surface area contributed by atoms with Crippen LogP contribution in [0.2, 0.25) is 0 Å². The van der Waals surface area contributed by atoms with E-state index in [-0.39, 0.29) is 0 Å². The molecule has 0 radical (unpaired) electrons. The SMILES string of the molecule is CSCCC1CC(c2ccccc2)CCC1Cl. The highest BCUT2D eigenvalue weighted by molar-refractivity contribution is 7.98. The molecule has 0 nitrogen and oxygen atoms in total. The molecule has 0 amide bonds. The summed E-state index contributed by atoms with van der Waals surface area (Å²) in [5.74, 6) is 2.69. The maximum absolute atomic E-state index is 6.46. The Hall–Kier alpha value is -0.140. The van der Waals surface area contributed by atoms with Gasteiger partial charge in [-0.15, -0.1) is 11.6 Å². The van der Waals surface area contributed by atoms with E-state index in [1.54, 1.807) is 0 Å². The second kappa shape index (κ2) is 6.70. The number of alkyl halides is 1. The first-order valence-electron chi connectivity index (χ1n) is 6.49. The summed E-state index contributed by atoms with van der Waals surface area (Å²) in [4.78, 5) is 0. The zero-order chi connectivity index (χ0) is 12.1. The van der Waals surface area contributed by atoms with Crippen LogP contribution in [0.1, 0.15) is 37.2 Å². The molecule has 1 saturated carbocycles. The molecular weight excluding hydrogens is 248 g/mol. The van der Waals surface area contributed by atoms with Crippen molar-refractivity contribution in [2.45, 2.75) is 37.0 Å². The van der Waals surface area contributed by atoms with Gasteiger partial charge in [-0.1, -0.05) is 30.3 Å². The fraction of sp³-hybridized carbons (Fsp3) is 0.600. The van der Waals surface area contributed by atoms with E-state index in [0.717, 1.165) is 5.92 Å². The van der Waals surface area contributed by atoms with Crippen molar-refractivity contribution in [1.29, 1.82) is 0 Å². The molecule has 0 spiro atoms. The van der Waals surface area contributed by atoms with E-state index in [4.69, 9.17) is 11.6 Å². The lowest BCUT2D eigenvalue weighted by atomic mass is 9.77. The second-order valence-corrected chi connectivity index (χ2v) is 6.52. The molecule has 17 heavy (non-hydrogen) atoms. The van der Waals surface area contributed by atoms with E-state index in [0.29, 0.717) is 11.3 Å². The van der Waals surface area contributed by atoms with E-state index in [1.807, 2.05) is 11.8 Å². The van der Waals surface area contributed by atoms with Gasteiger partial charge in [-0.25, -0.2) is 0 Å². The Labute approximate surface area is 114 Å². The Kier molecular flexibility index (Phi) is 5.24. The fourth-order valence-electron chi connectivity index (χ4n) is 2.82. The Morgan fingerprint density at radius 3 is 2.71 bits per heavy atom. The molecule has 2 rings (SSSR count). The van der Waals surface area contributed by atoms with Gasteiger partial charge in [0.15, 0.2) is 0 Å². The molecular formula is C15H21ClS. The van der Waals surface area contributed by atoms with Crippen LogP contribution in [0.3, 0.4) is 0 Å². The summed E-state index contributed by atoms with van der Waals surface area (Å²) in [5, 5.41) is 0.405. The van der Waals surface area contributed by atoms with E-state index >= 15 is 0 Å².